The number of aliphatic hydroxyl groups is 1. The number of likely N-dealkylation sites (tertiary alicyclic amines) is 1. The van der Waals surface area contributed by atoms with Gasteiger partial charge in [0.05, 0.1) is 6.07 Å². The van der Waals surface area contributed by atoms with Crippen molar-refractivity contribution in [2.75, 3.05) is 19.7 Å². The summed E-state index contributed by atoms with van der Waals surface area (Å²) < 4.78 is 0. The number of carbonyl (C=O) groups excluding carboxylic acids is 1. The second-order valence-electron chi connectivity index (χ2n) is 4.61. The quantitative estimate of drug-likeness (QED) is 0.735. The molecule has 2 aliphatic rings. The summed E-state index contributed by atoms with van der Waals surface area (Å²) in [5.41, 5.74) is -0.673. The average molecular weight is 208 g/mol. The van der Waals surface area contributed by atoms with Gasteiger partial charge in [-0.15, -0.1) is 0 Å². The van der Waals surface area contributed by atoms with Crippen LogP contribution < -0.4 is 0 Å². The first kappa shape index (κ1) is 10.4. The predicted molar refractivity (Wildman–Crippen MR) is 53.7 cm³/mol. The maximum Gasteiger partial charge on any atom is 0.243 e. The Balaban J connectivity index is 1.91. The van der Waals surface area contributed by atoms with E-state index in [1.165, 1.54) is 0 Å². The summed E-state index contributed by atoms with van der Waals surface area (Å²) in [5, 5.41) is 17.7. The number of amides is 1. The second kappa shape index (κ2) is 3.82. The molecule has 15 heavy (non-hydrogen) atoms. The molecule has 4 heteroatoms. The van der Waals surface area contributed by atoms with Gasteiger partial charge in [0.2, 0.25) is 5.91 Å². The summed E-state index contributed by atoms with van der Waals surface area (Å²) in [6.07, 6.45) is 3.18. The third-order valence-corrected chi connectivity index (χ3v) is 3.48. The maximum absolute atomic E-state index is 12.0. The van der Waals surface area contributed by atoms with Crippen LogP contribution in [0.3, 0.4) is 0 Å². The fourth-order valence-corrected chi connectivity index (χ4v) is 2.24. The summed E-state index contributed by atoms with van der Waals surface area (Å²) >= 11 is 0. The summed E-state index contributed by atoms with van der Waals surface area (Å²) in [5.74, 6) is 0.443. The van der Waals surface area contributed by atoms with E-state index < -0.39 is 5.41 Å². The van der Waals surface area contributed by atoms with Gasteiger partial charge in [-0.3, -0.25) is 4.79 Å². The topological polar surface area (TPSA) is 64.3 Å². The van der Waals surface area contributed by atoms with Gasteiger partial charge in [-0.2, -0.15) is 5.26 Å². The molecule has 1 unspecified atom stereocenters. The number of hydrogen-bond acceptors (Lipinski definition) is 3. The number of rotatable bonds is 3. The highest BCUT2D eigenvalue weighted by Crippen LogP contribution is 2.47. The van der Waals surface area contributed by atoms with Gasteiger partial charge in [0.25, 0.3) is 0 Å². The van der Waals surface area contributed by atoms with Crippen molar-refractivity contribution in [2.24, 2.45) is 11.3 Å². The maximum atomic E-state index is 12.0. The van der Waals surface area contributed by atoms with Crippen LogP contribution in [0.5, 0.6) is 0 Å². The fourth-order valence-electron chi connectivity index (χ4n) is 2.24. The van der Waals surface area contributed by atoms with E-state index in [9.17, 15) is 4.79 Å². The first-order valence-corrected chi connectivity index (χ1v) is 5.53. The van der Waals surface area contributed by atoms with Crippen LogP contribution >= 0.6 is 0 Å². The molecular weight excluding hydrogens is 192 g/mol. The van der Waals surface area contributed by atoms with Gasteiger partial charge in [-0.1, -0.05) is 0 Å². The highest BCUT2D eigenvalue weighted by molar-refractivity contribution is 5.88. The molecule has 0 radical (unpaired) electrons. The van der Waals surface area contributed by atoms with Gasteiger partial charge in [-0.25, -0.2) is 0 Å². The number of carbonyl (C=O) groups is 1. The summed E-state index contributed by atoms with van der Waals surface area (Å²) in [6.45, 7) is 1.67. The van der Waals surface area contributed by atoms with Crippen LogP contribution in [0.15, 0.2) is 0 Å². The Hall–Kier alpha value is -1.08. The zero-order valence-electron chi connectivity index (χ0n) is 8.78. The minimum atomic E-state index is -0.673. The molecule has 1 saturated carbocycles. The highest BCUT2D eigenvalue weighted by Gasteiger charge is 2.53. The van der Waals surface area contributed by atoms with Crippen LogP contribution in [-0.2, 0) is 4.79 Å². The van der Waals surface area contributed by atoms with Crippen LogP contribution in [0.4, 0.5) is 0 Å². The second-order valence-corrected chi connectivity index (χ2v) is 4.61. The van der Waals surface area contributed by atoms with Gasteiger partial charge >= 0.3 is 0 Å². The predicted octanol–water partition coefficient (Wildman–Crippen LogP) is 0.521. The Bertz CT molecular complexity index is 304. The van der Waals surface area contributed by atoms with Crippen molar-refractivity contribution in [2.45, 2.75) is 25.7 Å². The molecular formula is C11H16N2O2. The third kappa shape index (κ3) is 1.84. The zero-order chi connectivity index (χ0) is 10.9. The van der Waals surface area contributed by atoms with Crippen LogP contribution in [0.25, 0.3) is 0 Å². The van der Waals surface area contributed by atoms with E-state index in [0.29, 0.717) is 5.92 Å². The van der Waals surface area contributed by atoms with E-state index in [0.717, 1.165) is 38.8 Å². The van der Waals surface area contributed by atoms with E-state index >= 15 is 0 Å². The van der Waals surface area contributed by atoms with Crippen LogP contribution in [-0.4, -0.2) is 35.6 Å². The largest absolute Gasteiger partial charge is 0.396 e. The first-order chi connectivity index (χ1) is 7.22. The monoisotopic (exact) mass is 208 g/mol. The van der Waals surface area contributed by atoms with Crippen LogP contribution in [0.2, 0.25) is 0 Å². The Morgan fingerprint density at radius 1 is 1.60 bits per heavy atom. The summed E-state index contributed by atoms with van der Waals surface area (Å²) in [4.78, 5) is 13.8. The Kier molecular flexibility index (Phi) is 2.66. The fraction of sp³-hybridized carbons (Fsp3) is 0.818. The Labute approximate surface area is 89.5 Å². The Morgan fingerprint density at radius 3 is 2.87 bits per heavy atom. The van der Waals surface area contributed by atoms with Gasteiger partial charge in [0, 0.05) is 19.7 Å². The normalized spacial score (nSPS) is 27.5. The molecule has 1 aliphatic heterocycles. The first-order valence-electron chi connectivity index (χ1n) is 5.53. The molecule has 0 bridgehead atoms. The van der Waals surface area contributed by atoms with Crippen molar-refractivity contribution in [3.05, 3.63) is 0 Å². The van der Waals surface area contributed by atoms with E-state index in [1.54, 1.807) is 4.90 Å². The highest BCUT2D eigenvalue weighted by atomic mass is 16.3. The van der Waals surface area contributed by atoms with E-state index in [-0.39, 0.29) is 12.5 Å². The molecule has 0 spiro atoms. The van der Waals surface area contributed by atoms with Crippen LogP contribution in [0, 0.1) is 22.7 Å². The van der Waals surface area contributed by atoms with Crippen molar-refractivity contribution < 1.29 is 9.90 Å². The van der Waals surface area contributed by atoms with Crippen molar-refractivity contribution in [3.63, 3.8) is 0 Å². The molecule has 1 amide bonds. The number of hydrogen-bond donors (Lipinski definition) is 1. The number of aliphatic hydroxyl groups excluding tert-OH is 1. The van der Waals surface area contributed by atoms with Crippen LogP contribution in [0.1, 0.15) is 25.7 Å². The molecule has 2 rings (SSSR count). The average Bonchev–Trinajstić information content (AvgIpc) is 2.92. The Morgan fingerprint density at radius 2 is 2.33 bits per heavy atom. The van der Waals surface area contributed by atoms with Crippen molar-refractivity contribution in [1.29, 1.82) is 5.26 Å². The molecule has 1 heterocycles. The lowest BCUT2D eigenvalue weighted by atomic mass is 10.1. The minimum Gasteiger partial charge on any atom is -0.396 e. The van der Waals surface area contributed by atoms with Gasteiger partial charge in [0.15, 0.2) is 0 Å². The molecule has 2 fully saturated rings. The van der Waals surface area contributed by atoms with E-state index in [4.69, 9.17) is 10.4 Å². The van der Waals surface area contributed by atoms with Gasteiger partial charge in [-0.05, 0) is 31.6 Å². The lowest BCUT2D eigenvalue weighted by molar-refractivity contribution is -0.134. The molecule has 1 saturated heterocycles. The van der Waals surface area contributed by atoms with E-state index in [2.05, 4.69) is 6.07 Å². The summed E-state index contributed by atoms with van der Waals surface area (Å²) in [6, 6.07) is 2.14. The third-order valence-electron chi connectivity index (χ3n) is 3.48. The smallest absolute Gasteiger partial charge is 0.243 e. The SMILES string of the molecule is N#CC1(C(=O)N2CCC(CCO)C2)CC1. The van der Waals surface area contributed by atoms with Crippen molar-refractivity contribution >= 4 is 5.91 Å². The number of nitrogens with zero attached hydrogens (tertiary/aromatic N) is 2. The zero-order valence-corrected chi connectivity index (χ0v) is 8.78. The molecule has 1 aliphatic carbocycles. The molecule has 0 aromatic carbocycles. The molecule has 4 nitrogen and oxygen atoms in total. The lowest BCUT2D eigenvalue weighted by Crippen LogP contribution is -2.35. The minimum absolute atomic E-state index is 0.0189. The lowest BCUT2D eigenvalue weighted by Gasteiger charge is -2.18. The molecule has 0 aromatic heterocycles. The molecule has 0 aromatic rings. The molecule has 1 atom stereocenters. The summed E-state index contributed by atoms with van der Waals surface area (Å²) in [7, 11) is 0. The number of nitriles is 1. The molecule has 1 N–H and O–H groups in total. The molecule has 82 valence electrons. The van der Waals surface area contributed by atoms with Crippen molar-refractivity contribution in [1.82, 2.24) is 4.90 Å². The standard InChI is InChI=1S/C11H16N2O2/c12-8-11(3-4-11)10(15)13-5-1-9(7-13)2-6-14/h9,14H,1-7H2. The van der Waals surface area contributed by atoms with Gasteiger partial charge in [0.1, 0.15) is 5.41 Å². The van der Waals surface area contributed by atoms with E-state index in [1.807, 2.05) is 0 Å². The van der Waals surface area contributed by atoms with Gasteiger partial charge < -0.3 is 10.0 Å². The van der Waals surface area contributed by atoms with Crippen molar-refractivity contribution in [3.8, 4) is 6.07 Å².